The number of nitrogens with zero attached hydrogens (tertiary/aromatic N) is 2. The van der Waals surface area contributed by atoms with Gasteiger partial charge in [-0.3, -0.25) is 0 Å². The van der Waals surface area contributed by atoms with E-state index in [2.05, 4.69) is 29.3 Å². The summed E-state index contributed by atoms with van der Waals surface area (Å²) in [5, 5.41) is 7.21. The van der Waals surface area contributed by atoms with Crippen molar-refractivity contribution in [3.05, 3.63) is 17.3 Å². The summed E-state index contributed by atoms with van der Waals surface area (Å²) in [6.07, 6.45) is 5.78. The average molecular weight is 272 g/mol. The lowest BCUT2D eigenvalue weighted by Crippen LogP contribution is -2.24. The van der Waals surface area contributed by atoms with Crippen LogP contribution in [-0.2, 0) is 6.42 Å². The van der Waals surface area contributed by atoms with Crippen LogP contribution in [0.25, 0.3) is 5.57 Å². The average Bonchev–Trinajstić information content (AvgIpc) is 2.98. The Bertz CT molecular complexity index is 406. The molecular formula is C13H22ClN3O. The topological polar surface area (TPSA) is 51.0 Å². The zero-order valence-corrected chi connectivity index (χ0v) is 12.1. The highest BCUT2D eigenvalue weighted by atomic mass is 35.5. The maximum atomic E-state index is 5.34. The first-order chi connectivity index (χ1) is 8.20. The fourth-order valence-corrected chi connectivity index (χ4v) is 2.19. The third kappa shape index (κ3) is 3.56. The number of allylic oxidation sites excluding steroid dienone is 2. The van der Waals surface area contributed by atoms with E-state index in [9.17, 15) is 0 Å². The van der Waals surface area contributed by atoms with Crippen molar-refractivity contribution in [2.24, 2.45) is 0 Å². The molecule has 4 nitrogen and oxygen atoms in total. The highest BCUT2D eigenvalue weighted by Gasteiger charge is 2.16. The van der Waals surface area contributed by atoms with E-state index in [0.29, 0.717) is 11.9 Å². The van der Waals surface area contributed by atoms with E-state index in [0.717, 1.165) is 12.2 Å². The van der Waals surface area contributed by atoms with Gasteiger partial charge in [0.15, 0.2) is 5.82 Å². The fourth-order valence-electron chi connectivity index (χ4n) is 2.19. The molecule has 1 aliphatic rings. The van der Waals surface area contributed by atoms with Crippen LogP contribution in [0.1, 0.15) is 51.2 Å². The number of rotatable bonds is 4. The molecule has 1 aromatic heterocycles. The molecule has 1 saturated carbocycles. The van der Waals surface area contributed by atoms with Crippen molar-refractivity contribution in [3.63, 3.8) is 0 Å². The van der Waals surface area contributed by atoms with Gasteiger partial charge in [0, 0.05) is 18.0 Å². The molecule has 1 unspecified atom stereocenters. The van der Waals surface area contributed by atoms with Gasteiger partial charge in [0.1, 0.15) is 0 Å². The quantitative estimate of drug-likeness (QED) is 0.915. The van der Waals surface area contributed by atoms with Gasteiger partial charge in [-0.25, -0.2) is 0 Å². The Hall–Kier alpha value is -0.870. The zero-order chi connectivity index (χ0) is 12.3. The molecule has 1 atom stereocenters. The largest absolute Gasteiger partial charge is 0.334 e. The summed E-state index contributed by atoms with van der Waals surface area (Å²) in [5.41, 5.74) is 2.68. The second kappa shape index (κ2) is 6.90. The van der Waals surface area contributed by atoms with Gasteiger partial charge in [-0.15, -0.1) is 12.4 Å². The lowest BCUT2D eigenvalue weighted by atomic mass is 10.1. The van der Waals surface area contributed by atoms with E-state index in [1.807, 2.05) is 7.05 Å². The van der Waals surface area contributed by atoms with Crippen molar-refractivity contribution in [1.29, 1.82) is 0 Å². The van der Waals surface area contributed by atoms with Crippen molar-refractivity contribution in [1.82, 2.24) is 15.5 Å². The fraction of sp³-hybridized carbons (Fsp3) is 0.692. The van der Waals surface area contributed by atoms with Crippen molar-refractivity contribution in [2.45, 2.75) is 52.0 Å². The monoisotopic (exact) mass is 271 g/mol. The first-order valence-corrected chi connectivity index (χ1v) is 6.39. The van der Waals surface area contributed by atoms with Crippen molar-refractivity contribution in [3.8, 4) is 0 Å². The molecule has 18 heavy (non-hydrogen) atoms. The van der Waals surface area contributed by atoms with Gasteiger partial charge in [-0.05, 0) is 46.6 Å². The van der Waals surface area contributed by atoms with Crippen LogP contribution in [0.2, 0.25) is 0 Å². The molecule has 1 N–H and O–H groups in total. The highest BCUT2D eigenvalue weighted by Crippen LogP contribution is 2.30. The van der Waals surface area contributed by atoms with E-state index >= 15 is 0 Å². The zero-order valence-electron chi connectivity index (χ0n) is 11.3. The van der Waals surface area contributed by atoms with E-state index < -0.39 is 0 Å². The summed E-state index contributed by atoms with van der Waals surface area (Å²) in [6, 6.07) is 0.375. The second-order valence-electron chi connectivity index (χ2n) is 4.85. The summed E-state index contributed by atoms with van der Waals surface area (Å²) in [4.78, 5) is 4.47. The molecule has 0 saturated heterocycles. The SMILES string of the molecule is CNC(C)Cc1noc(C(C)=C2CCCC2)n1.Cl. The van der Waals surface area contributed by atoms with Crippen LogP contribution in [0.4, 0.5) is 0 Å². The number of nitrogens with one attached hydrogen (secondary N) is 1. The maximum absolute atomic E-state index is 5.34. The molecule has 102 valence electrons. The van der Waals surface area contributed by atoms with E-state index in [-0.39, 0.29) is 12.4 Å². The van der Waals surface area contributed by atoms with Gasteiger partial charge in [-0.2, -0.15) is 4.98 Å². The highest BCUT2D eigenvalue weighted by molar-refractivity contribution is 5.85. The van der Waals surface area contributed by atoms with Crippen LogP contribution < -0.4 is 5.32 Å². The van der Waals surface area contributed by atoms with Gasteiger partial charge in [0.2, 0.25) is 0 Å². The Morgan fingerprint density at radius 2 is 2.06 bits per heavy atom. The first-order valence-electron chi connectivity index (χ1n) is 6.39. The molecule has 0 aromatic carbocycles. The molecule has 0 radical (unpaired) electrons. The number of hydrogen-bond acceptors (Lipinski definition) is 4. The van der Waals surface area contributed by atoms with Crippen molar-refractivity contribution in [2.75, 3.05) is 7.05 Å². The Morgan fingerprint density at radius 1 is 1.39 bits per heavy atom. The summed E-state index contributed by atoms with van der Waals surface area (Å²) < 4.78 is 5.34. The normalized spacial score (nSPS) is 16.5. The number of hydrogen-bond donors (Lipinski definition) is 1. The number of halogens is 1. The van der Waals surface area contributed by atoms with Gasteiger partial charge in [-0.1, -0.05) is 10.7 Å². The van der Waals surface area contributed by atoms with Gasteiger partial charge in [0.05, 0.1) is 0 Å². The lowest BCUT2D eigenvalue weighted by molar-refractivity contribution is 0.397. The Kier molecular flexibility index (Phi) is 5.82. The van der Waals surface area contributed by atoms with Crippen molar-refractivity contribution >= 4 is 18.0 Å². The van der Waals surface area contributed by atoms with Crippen LogP contribution in [0.3, 0.4) is 0 Å². The van der Waals surface area contributed by atoms with Gasteiger partial charge < -0.3 is 9.84 Å². The van der Waals surface area contributed by atoms with E-state index in [4.69, 9.17) is 4.52 Å². The Morgan fingerprint density at radius 3 is 2.67 bits per heavy atom. The summed E-state index contributed by atoms with van der Waals surface area (Å²) >= 11 is 0. The third-order valence-electron chi connectivity index (χ3n) is 3.51. The molecule has 5 heteroatoms. The summed E-state index contributed by atoms with van der Waals surface area (Å²) in [7, 11) is 1.94. The minimum absolute atomic E-state index is 0. The van der Waals surface area contributed by atoms with Crippen LogP contribution in [0.15, 0.2) is 10.1 Å². The minimum atomic E-state index is 0. The Labute approximate surface area is 115 Å². The lowest BCUT2D eigenvalue weighted by Gasteiger charge is -2.04. The molecule has 0 aliphatic heterocycles. The van der Waals surface area contributed by atoms with E-state index in [1.54, 1.807) is 0 Å². The molecule has 0 amide bonds. The predicted molar refractivity (Wildman–Crippen MR) is 74.8 cm³/mol. The van der Waals surface area contributed by atoms with Crippen LogP contribution >= 0.6 is 12.4 Å². The smallest absolute Gasteiger partial charge is 0.253 e. The number of likely N-dealkylation sites (N-methyl/N-ethyl adjacent to an activating group) is 1. The van der Waals surface area contributed by atoms with Crippen LogP contribution in [-0.4, -0.2) is 23.2 Å². The number of aromatic nitrogens is 2. The van der Waals surface area contributed by atoms with Crippen LogP contribution in [0, 0.1) is 0 Å². The summed E-state index contributed by atoms with van der Waals surface area (Å²) in [6.45, 7) is 4.21. The molecule has 2 rings (SSSR count). The predicted octanol–water partition coefficient (Wildman–Crippen LogP) is 2.99. The molecular weight excluding hydrogens is 250 g/mol. The molecule has 1 heterocycles. The van der Waals surface area contributed by atoms with Crippen LogP contribution in [0.5, 0.6) is 0 Å². The molecule has 1 fully saturated rings. The minimum Gasteiger partial charge on any atom is -0.334 e. The van der Waals surface area contributed by atoms with Gasteiger partial charge >= 0.3 is 0 Å². The van der Waals surface area contributed by atoms with E-state index in [1.165, 1.54) is 36.8 Å². The first kappa shape index (κ1) is 15.2. The summed E-state index contributed by atoms with van der Waals surface area (Å²) in [5.74, 6) is 1.50. The molecule has 0 bridgehead atoms. The maximum Gasteiger partial charge on any atom is 0.253 e. The molecule has 1 aromatic rings. The van der Waals surface area contributed by atoms with Gasteiger partial charge in [0.25, 0.3) is 5.89 Å². The second-order valence-corrected chi connectivity index (χ2v) is 4.85. The third-order valence-corrected chi connectivity index (χ3v) is 3.51. The molecule has 1 aliphatic carbocycles. The standard InChI is InChI=1S/C13H21N3O.ClH/c1-9(14-3)8-12-15-13(17-16-12)10(2)11-6-4-5-7-11;/h9,14H,4-8H2,1-3H3;1H. The Balaban J connectivity index is 0.00000162. The van der Waals surface area contributed by atoms with Crippen molar-refractivity contribution < 1.29 is 4.52 Å². The molecule has 0 spiro atoms.